The zero-order valence-electron chi connectivity index (χ0n) is 10.7. The summed E-state index contributed by atoms with van der Waals surface area (Å²) >= 11 is 3.02. The first-order valence-electron chi connectivity index (χ1n) is 6.30. The van der Waals surface area contributed by atoms with E-state index in [1.807, 2.05) is 4.90 Å². The molecule has 0 unspecified atom stereocenters. The number of carbonyl (C=O) groups is 1. The molecule has 0 spiro atoms. The van der Waals surface area contributed by atoms with Gasteiger partial charge in [0.05, 0.1) is 18.8 Å². The third-order valence-corrected chi connectivity index (χ3v) is 3.69. The molecule has 1 aliphatic rings. The SMILES string of the molecule is O=C(CN(CCO)C1CC1)Nc1c(F)cc(F)cc1Br. The van der Waals surface area contributed by atoms with Crippen molar-refractivity contribution < 1.29 is 18.7 Å². The molecule has 0 atom stereocenters. The van der Waals surface area contributed by atoms with E-state index < -0.39 is 17.5 Å². The quantitative estimate of drug-likeness (QED) is 0.827. The fraction of sp³-hybridized carbons (Fsp3) is 0.462. The molecular formula is C13H15BrF2N2O2. The van der Waals surface area contributed by atoms with E-state index in [1.165, 1.54) is 0 Å². The molecule has 0 aliphatic heterocycles. The van der Waals surface area contributed by atoms with Crippen molar-refractivity contribution in [2.75, 3.05) is 25.0 Å². The molecule has 1 amide bonds. The maximum atomic E-state index is 13.6. The number of hydrogen-bond acceptors (Lipinski definition) is 3. The second kappa shape index (κ2) is 6.60. The van der Waals surface area contributed by atoms with Gasteiger partial charge in [0.2, 0.25) is 5.91 Å². The maximum Gasteiger partial charge on any atom is 0.238 e. The predicted octanol–water partition coefficient (Wildman–Crippen LogP) is 2.12. The van der Waals surface area contributed by atoms with Gasteiger partial charge in [-0.1, -0.05) is 0 Å². The number of benzene rings is 1. The Balaban J connectivity index is 2.00. The smallest absolute Gasteiger partial charge is 0.238 e. The highest BCUT2D eigenvalue weighted by molar-refractivity contribution is 9.10. The van der Waals surface area contributed by atoms with Gasteiger partial charge in [0.1, 0.15) is 5.82 Å². The molecule has 110 valence electrons. The number of nitrogens with zero attached hydrogens (tertiary/aromatic N) is 1. The van der Waals surface area contributed by atoms with Crippen LogP contribution in [0.15, 0.2) is 16.6 Å². The van der Waals surface area contributed by atoms with Gasteiger partial charge < -0.3 is 10.4 Å². The molecule has 7 heteroatoms. The molecule has 1 aliphatic carbocycles. The van der Waals surface area contributed by atoms with Gasteiger partial charge in [-0.2, -0.15) is 0 Å². The van der Waals surface area contributed by atoms with Crippen LogP contribution in [-0.4, -0.2) is 41.7 Å². The number of nitrogens with one attached hydrogen (secondary N) is 1. The van der Waals surface area contributed by atoms with Crippen molar-refractivity contribution in [1.29, 1.82) is 0 Å². The van der Waals surface area contributed by atoms with Crippen LogP contribution in [0.5, 0.6) is 0 Å². The summed E-state index contributed by atoms with van der Waals surface area (Å²) in [4.78, 5) is 13.8. The number of carbonyl (C=O) groups excluding carboxylic acids is 1. The number of amides is 1. The molecule has 20 heavy (non-hydrogen) atoms. The molecule has 0 aromatic heterocycles. The average Bonchev–Trinajstić information content (AvgIpc) is 3.17. The summed E-state index contributed by atoms with van der Waals surface area (Å²) in [5.41, 5.74) is -0.0730. The Hall–Kier alpha value is -1.05. The van der Waals surface area contributed by atoms with E-state index in [0.717, 1.165) is 18.9 Å². The monoisotopic (exact) mass is 348 g/mol. The lowest BCUT2D eigenvalue weighted by Crippen LogP contribution is -2.37. The van der Waals surface area contributed by atoms with E-state index in [9.17, 15) is 13.6 Å². The summed E-state index contributed by atoms with van der Waals surface area (Å²) in [6.45, 7) is 0.456. The Morgan fingerprint density at radius 2 is 2.15 bits per heavy atom. The van der Waals surface area contributed by atoms with Crippen LogP contribution in [0.3, 0.4) is 0 Å². The van der Waals surface area contributed by atoms with Crippen LogP contribution in [0.4, 0.5) is 14.5 Å². The number of aliphatic hydroxyl groups is 1. The van der Waals surface area contributed by atoms with Gasteiger partial charge in [-0.05, 0) is 34.8 Å². The minimum absolute atomic E-state index is 0.0294. The first kappa shape index (κ1) is 15.3. The zero-order chi connectivity index (χ0) is 14.7. The van der Waals surface area contributed by atoms with E-state index in [2.05, 4.69) is 21.2 Å². The maximum absolute atomic E-state index is 13.6. The first-order chi connectivity index (χ1) is 9.51. The van der Waals surface area contributed by atoms with E-state index >= 15 is 0 Å². The van der Waals surface area contributed by atoms with Gasteiger partial charge in [0.25, 0.3) is 0 Å². The highest BCUT2D eigenvalue weighted by Crippen LogP contribution is 2.28. The Kier molecular flexibility index (Phi) is 5.06. The van der Waals surface area contributed by atoms with Crippen LogP contribution >= 0.6 is 15.9 Å². The predicted molar refractivity (Wildman–Crippen MR) is 74.4 cm³/mol. The third-order valence-electron chi connectivity index (χ3n) is 3.07. The normalized spacial score (nSPS) is 14.7. The largest absolute Gasteiger partial charge is 0.395 e. The second-order valence-corrected chi connectivity index (χ2v) is 5.57. The molecule has 0 saturated heterocycles. The minimum atomic E-state index is -0.828. The van der Waals surface area contributed by atoms with E-state index in [-0.39, 0.29) is 23.3 Å². The van der Waals surface area contributed by atoms with Gasteiger partial charge in [-0.3, -0.25) is 9.69 Å². The standard InChI is InChI=1S/C13H15BrF2N2O2/c14-10-5-8(15)6-11(16)13(10)17-12(20)7-18(3-4-19)9-1-2-9/h5-6,9,19H,1-4,7H2,(H,17,20). The van der Waals surface area contributed by atoms with Crippen LogP contribution in [0.2, 0.25) is 0 Å². The van der Waals surface area contributed by atoms with E-state index in [1.54, 1.807) is 0 Å². The third kappa shape index (κ3) is 3.97. The lowest BCUT2D eigenvalue weighted by atomic mass is 10.3. The van der Waals surface area contributed by atoms with Gasteiger partial charge in [0.15, 0.2) is 5.82 Å². The van der Waals surface area contributed by atoms with Crippen LogP contribution in [0, 0.1) is 11.6 Å². The summed E-state index contributed by atoms with van der Waals surface area (Å²) in [5.74, 6) is -1.94. The molecule has 1 saturated carbocycles. The van der Waals surface area contributed by atoms with E-state index in [0.29, 0.717) is 18.7 Å². The zero-order valence-corrected chi connectivity index (χ0v) is 12.3. The molecular weight excluding hydrogens is 334 g/mol. The lowest BCUT2D eigenvalue weighted by Gasteiger charge is -2.20. The average molecular weight is 349 g/mol. The Morgan fingerprint density at radius 1 is 1.45 bits per heavy atom. The second-order valence-electron chi connectivity index (χ2n) is 4.72. The van der Waals surface area contributed by atoms with Crippen LogP contribution in [0.1, 0.15) is 12.8 Å². The fourth-order valence-electron chi connectivity index (χ4n) is 1.98. The van der Waals surface area contributed by atoms with E-state index in [4.69, 9.17) is 5.11 Å². The fourth-order valence-corrected chi connectivity index (χ4v) is 2.49. The van der Waals surface area contributed by atoms with Gasteiger partial charge >= 0.3 is 0 Å². The lowest BCUT2D eigenvalue weighted by molar-refractivity contribution is -0.117. The number of halogens is 3. The molecule has 0 radical (unpaired) electrons. The topological polar surface area (TPSA) is 52.6 Å². The number of hydrogen-bond donors (Lipinski definition) is 2. The van der Waals surface area contributed by atoms with Gasteiger partial charge in [0, 0.05) is 23.1 Å². The van der Waals surface area contributed by atoms with Crippen molar-refractivity contribution >= 4 is 27.5 Å². The molecule has 0 bridgehead atoms. The highest BCUT2D eigenvalue weighted by Gasteiger charge is 2.30. The Labute approximate surface area is 123 Å². The molecule has 1 aromatic carbocycles. The van der Waals surface area contributed by atoms with Gasteiger partial charge in [-0.25, -0.2) is 8.78 Å². The van der Waals surface area contributed by atoms with Crippen molar-refractivity contribution in [2.45, 2.75) is 18.9 Å². The van der Waals surface area contributed by atoms with Crippen molar-refractivity contribution in [3.8, 4) is 0 Å². The summed E-state index contributed by atoms with van der Waals surface area (Å²) in [5, 5.41) is 11.4. The number of aliphatic hydroxyl groups excluding tert-OH is 1. The summed E-state index contributed by atoms with van der Waals surface area (Å²) in [6, 6.07) is 2.12. The first-order valence-corrected chi connectivity index (χ1v) is 7.10. The molecule has 2 N–H and O–H groups in total. The highest BCUT2D eigenvalue weighted by atomic mass is 79.9. The van der Waals surface area contributed by atoms with Gasteiger partial charge in [-0.15, -0.1) is 0 Å². The molecule has 4 nitrogen and oxygen atoms in total. The Morgan fingerprint density at radius 3 is 2.70 bits per heavy atom. The van der Waals surface area contributed by atoms with Crippen molar-refractivity contribution in [3.63, 3.8) is 0 Å². The van der Waals surface area contributed by atoms with Crippen LogP contribution < -0.4 is 5.32 Å². The van der Waals surface area contributed by atoms with Crippen molar-refractivity contribution in [1.82, 2.24) is 4.90 Å². The van der Waals surface area contributed by atoms with Crippen molar-refractivity contribution in [3.05, 3.63) is 28.2 Å². The minimum Gasteiger partial charge on any atom is -0.395 e. The van der Waals surface area contributed by atoms with Crippen LogP contribution in [-0.2, 0) is 4.79 Å². The summed E-state index contributed by atoms with van der Waals surface area (Å²) < 4.78 is 26.7. The molecule has 2 rings (SSSR count). The van der Waals surface area contributed by atoms with Crippen LogP contribution in [0.25, 0.3) is 0 Å². The Bertz CT molecular complexity index is 486. The molecule has 1 fully saturated rings. The number of rotatable bonds is 6. The molecule has 0 heterocycles. The van der Waals surface area contributed by atoms with Crippen molar-refractivity contribution in [2.24, 2.45) is 0 Å². The molecule has 1 aromatic rings. The summed E-state index contributed by atoms with van der Waals surface area (Å²) in [7, 11) is 0. The number of anilines is 1. The summed E-state index contributed by atoms with van der Waals surface area (Å²) in [6.07, 6.45) is 2.00.